The molecule has 106 valence electrons. The van der Waals surface area contributed by atoms with Crippen LogP contribution >= 0.6 is 34.7 Å². The molecule has 1 N–H and O–H groups in total. The maximum Gasteiger partial charge on any atom is 0.0410 e. The van der Waals surface area contributed by atoms with Gasteiger partial charge in [-0.3, -0.25) is 0 Å². The molecule has 1 nitrogen and oxygen atoms in total. The fourth-order valence-electron chi connectivity index (χ4n) is 2.54. The average molecular weight is 324 g/mol. The lowest BCUT2D eigenvalue weighted by Gasteiger charge is -2.26. The van der Waals surface area contributed by atoms with Crippen molar-refractivity contribution >= 4 is 34.7 Å². The topological polar surface area (TPSA) is 12.0 Å². The van der Waals surface area contributed by atoms with Gasteiger partial charge >= 0.3 is 0 Å². The highest BCUT2D eigenvalue weighted by Crippen LogP contribution is 2.37. The molecule has 0 amide bonds. The van der Waals surface area contributed by atoms with Gasteiger partial charge in [-0.1, -0.05) is 11.6 Å². The van der Waals surface area contributed by atoms with Crippen molar-refractivity contribution < 1.29 is 0 Å². The van der Waals surface area contributed by atoms with E-state index in [9.17, 15) is 0 Å². The molecule has 2 aromatic rings. The average Bonchev–Trinajstić information content (AvgIpc) is 2.75. The number of halogens is 1. The van der Waals surface area contributed by atoms with Crippen LogP contribution in [-0.2, 0) is 6.54 Å². The van der Waals surface area contributed by atoms with E-state index in [0.29, 0.717) is 6.04 Å². The lowest BCUT2D eigenvalue weighted by atomic mass is 10.0. The summed E-state index contributed by atoms with van der Waals surface area (Å²) in [6.07, 6.45) is 1.17. The highest BCUT2D eigenvalue weighted by atomic mass is 35.5. The molecule has 1 aromatic heterocycles. The van der Waals surface area contributed by atoms with Crippen LogP contribution in [0.25, 0.3) is 0 Å². The lowest BCUT2D eigenvalue weighted by molar-refractivity contribution is 0.513. The van der Waals surface area contributed by atoms with Gasteiger partial charge in [-0.25, -0.2) is 0 Å². The Kier molecular flexibility index (Phi) is 4.41. The summed E-state index contributed by atoms with van der Waals surface area (Å²) in [4.78, 5) is 4.21. The Morgan fingerprint density at radius 1 is 1.30 bits per heavy atom. The van der Waals surface area contributed by atoms with Gasteiger partial charge in [0, 0.05) is 32.3 Å². The van der Waals surface area contributed by atoms with Crippen molar-refractivity contribution in [2.75, 3.05) is 5.75 Å². The number of hydrogen-bond donors (Lipinski definition) is 1. The van der Waals surface area contributed by atoms with Crippen molar-refractivity contribution in [3.05, 3.63) is 50.2 Å². The predicted molar refractivity (Wildman–Crippen MR) is 90.2 cm³/mol. The summed E-state index contributed by atoms with van der Waals surface area (Å²) < 4.78 is 0. The molecule has 2 heterocycles. The fourth-order valence-corrected chi connectivity index (χ4v) is 4.83. The minimum atomic E-state index is 0.424. The third-order valence-electron chi connectivity index (χ3n) is 3.75. The number of nitrogens with one attached hydrogen (secondary N) is 1. The Balaban J connectivity index is 1.74. The molecule has 1 aliphatic heterocycles. The van der Waals surface area contributed by atoms with Gasteiger partial charge in [0.1, 0.15) is 0 Å². The summed E-state index contributed by atoms with van der Waals surface area (Å²) in [7, 11) is 0. The van der Waals surface area contributed by atoms with Gasteiger partial charge in [0.15, 0.2) is 0 Å². The molecular formula is C16H18ClNS2. The summed E-state index contributed by atoms with van der Waals surface area (Å²) >= 11 is 9.98. The lowest BCUT2D eigenvalue weighted by Crippen LogP contribution is -2.23. The Morgan fingerprint density at radius 2 is 2.15 bits per heavy atom. The molecule has 0 spiro atoms. The van der Waals surface area contributed by atoms with E-state index < -0.39 is 0 Å². The molecular weight excluding hydrogens is 306 g/mol. The van der Waals surface area contributed by atoms with Gasteiger partial charge in [0.25, 0.3) is 0 Å². The van der Waals surface area contributed by atoms with E-state index in [0.717, 1.165) is 11.6 Å². The van der Waals surface area contributed by atoms with E-state index in [1.165, 1.54) is 38.0 Å². The second kappa shape index (κ2) is 6.10. The SMILES string of the molecule is Cc1cc(CNC2CCSc3ccc(Cl)cc32)sc1C. The van der Waals surface area contributed by atoms with Gasteiger partial charge in [0.05, 0.1) is 0 Å². The molecule has 0 saturated carbocycles. The minimum absolute atomic E-state index is 0.424. The van der Waals surface area contributed by atoms with Crippen LogP contribution < -0.4 is 5.32 Å². The monoisotopic (exact) mass is 323 g/mol. The standard InChI is InChI=1S/C16H18ClNS2/c1-10-7-13(20-11(10)2)9-18-15-5-6-19-16-4-3-12(17)8-14(15)16/h3-4,7-8,15,18H,5-6,9H2,1-2H3. The van der Waals surface area contributed by atoms with Crippen molar-refractivity contribution in [3.63, 3.8) is 0 Å². The quantitative estimate of drug-likeness (QED) is 0.817. The molecule has 1 unspecified atom stereocenters. The number of hydrogen-bond acceptors (Lipinski definition) is 3. The Morgan fingerprint density at radius 3 is 2.90 bits per heavy atom. The highest BCUT2D eigenvalue weighted by molar-refractivity contribution is 7.99. The van der Waals surface area contributed by atoms with E-state index in [1.54, 1.807) is 0 Å². The molecule has 0 fully saturated rings. The van der Waals surface area contributed by atoms with Crippen LogP contribution in [0, 0.1) is 13.8 Å². The van der Waals surface area contributed by atoms with Crippen LogP contribution in [0.1, 0.15) is 33.3 Å². The van der Waals surface area contributed by atoms with Crippen LogP contribution in [-0.4, -0.2) is 5.75 Å². The van der Waals surface area contributed by atoms with Crippen LogP contribution in [0.3, 0.4) is 0 Å². The molecule has 1 atom stereocenters. The maximum absolute atomic E-state index is 6.15. The molecule has 1 aromatic carbocycles. The van der Waals surface area contributed by atoms with Gasteiger partial charge in [0.2, 0.25) is 0 Å². The zero-order valence-corrected chi connectivity index (χ0v) is 14.1. The summed E-state index contributed by atoms with van der Waals surface area (Å²) in [5.74, 6) is 1.18. The van der Waals surface area contributed by atoms with E-state index in [4.69, 9.17) is 11.6 Å². The molecule has 4 heteroatoms. The molecule has 20 heavy (non-hydrogen) atoms. The summed E-state index contributed by atoms with van der Waals surface area (Å²) in [6.45, 7) is 5.32. The number of benzene rings is 1. The van der Waals surface area contributed by atoms with Gasteiger partial charge < -0.3 is 5.32 Å². The Hall–Kier alpha value is -0.480. The van der Waals surface area contributed by atoms with Crippen molar-refractivity contribution in [1.82, 2.24) is 5.32 Å². The smallest absolute Gasteiger partial charge is 0.0410 e. The van der Waals surface area contributed by atoms with Gasteiger partial charge in [-0.2, -0.15) is 0 Å². The van der Waals surface area contributed by atoms with E-state index in [1.807, 2.05) is 29.2 Å². The van der Waals surface area contributed by atoms with Crippen molar-refractivity contribution in [2.45, 2.75) is 37.8 Å². The number of thioether (sulfide) groups is 1. The van der Waals surface area contributed by atoms with Crippen molar-refractivity contribution in [3.8, 4) is 0 Å². The van der Waals surface area contributed by atoms with Crippen LogP contribution in [0.15, 0.2) is 29.2 Å². The second-order valence-corrected chi connectivity index (χ2v) is 8.12. The first-order chi connectivity index (χ1) is 9.63. The molecule has 0 bridgehead atoms. The third kappa shape index (κ3) is 3.06. The first-order valence-corrected chi connectivity index (χ1v) is 9.03. The highest BCUT2D eigenvalue weighted by Gasteiger charge is 2.20. The number of aryl methyl sites for hydroxylation is 2. The third-order valence-corrected chi connectivity index (χ3v) is 6.26. The fraction of sp³-hybridized carbons (Fsp3) is 0.375. The van der Waals surface area contributed by atoms with Crippen molar-refractivity contribution in [2.24, 2.45) is 0 Å². The second-order valence-electron chi connectivity index (χ2n) is 5.20. The van der Waals surface area contributed by atoms with Crippen LogP contribution in [0.2, 0.25) is 5.02 Å². The summed E-state index contributed by atoms with van der Waals surface area (Å²) in [5.41, 5.74) is 2.76. The van der Waals surface area contributed by atoms with E-state index >= 15 is 0 Å². The summed E-state index contributed by atoms with van der Waals surface area (Å²) in [6, 6.07) is 8.97. The summed E-state index contributed by atoms with van der Waals surface area (Å²) in [5, 5.41) is 4.53. The Labute approximate surface area is 133 Å². The molecule has 3 rings (SSSR count). The molecule has 0 aliphatic carbocycles. The van der Waals surface area contributed by atoms with E-state index in [2.05, 4.69) is 37.4 Å². The van der Waals surface area contributed by atoms with Gasteiger partial charge in [-0.05, 0) is 61.4 Å². The zero-order valence-electron chi connectivity index (χ0n) is 11.7. The number of fused-ring (bicyclic) bond motifs is 1. The minimum Gasteiger partial charge on any atom is -0.305 e. The molecule has 0 saturated heterocycles. The first kappa shape index (κ1) is 14.5. The number of rotatable bonds is 3. The maximum atomic E-state index is 6.15. The predicted octanol–water partition coefficient (Wildman–Crippen LogP) is 5.35. The number of thiophene rings is 1. The van der Waals surface area contributed by atoms with Crippen LogP contribution in [0.4, 0.5) is 0 Å². The Bertz CT molecular complexity index is 601. The van der Waals surface area contributed by atoms with Crippen molar-refractivity contribution in [1.29, 1.82) is 0 Å². The molecule has 1 aliphatic rings. The zero-order chi connectivity index (χ0) is 14.1. The molecule has 0 radical (unpaired) electrons. The largest absolute Gasteiger partial charge is 0.305 e. The van der Waals surface area contributed by atoms with E-state index in [-0.39, 0.29) is 0 Å². The first-order valence-electron chi connectivity index (χ1n) is 6.85. The van der Waals surface area contributed by atoms with Crippen LogP contribution in [0.5, 0.6) is 0 Å². The normalized spacial score (nSPS) is 18.1. The van der Waals surface area contributed by atoms with Gasteiger partial charge in [-0.15, -0.1) is 23.1 Å².